The SMILES string of the molecule is COc1ccc(CN2CCN(C(=O)c3csc(-c4ccc(C)cc4C)n3)CC2)cc1. The van der Waals surface area contributed by atoms with Crippen molar-refractivity contribution in [2.24, 2.45) is 0 Å². The van der Waals surface area contributed by atoms with E-state index in [0.29, 0.717) is 5.69 Å². The van der Waals surface area contributed by atoms with Crippen LogP contribution in [0.5, 0.6) is 5.75 Å². The average molecular weight is 422 g/mol. The fourth-order valence-electron chi connectivity index (χ4n) is 3.81. The first-order chi connectivity index (χ1) is 14.5. The number of methoxy groups -OCH3 is 1. The predicted octanol–water partition coefficient (Wildman–Crippen LogP) is 4.39. The zero-order valence-electron chi connectivity index (χ0n) is 17.7. The topological polar surface area (TPSA) is 45.7 Å². The van der Waals surface area contributed by atoms with E-state index in [4.69, 9.17) is 4.74 Å². The van der Waals surface area contributed by atoms with E-state index in [2.05, 4.69) is 54.1 Å². The van der Waals surface area contributed by atoms with Crippen LogP contribution in [0.25, 0.3) is 10.6 Å². The van der Waals surface area contributed by atoms with Gasteiger partial charge in [-0.1, -0.05) is 35.9 Å². The second-order valence-corrected chi connectivity index (χ2v) is 8.63. The number of hydrogen-bond acceptors (Lipinski definition) is 5. The van der Waals surface area contributed by atoms with Gasteiger partial charge in [-0.15, -0.1) is 11.3 Å². The molecule has 0 saturated carbocycles. The first-order valence-corrected chi connectivity index (χ1v) is 11.1. The van der Waals surface area contributed by atoms with Crippen LogP contribution in [0.15, 0.2) is 47.8 Å². The standard InChI is InChI=1S/C24H27N3O2S/c1-17-4-9-21(18(2)14-17)23-25-22(16-30-23)24(28)27-12-10-26(11-13-27)15-19-5-7-20(29-3)8-6-19/h4-9,14,16H,10-13,15H2,1-3H3. The van der Waals surface area contributed by atoms with E-state index in [1.165, 1.54) is 16.7 Å². The molecule has 0 radical (unpaired) electrons. The van der Waals surface area contributed by atoms with Gasteiger partial charge in [0.25, 0.3) is 5.91 Å². The third kappa shape index (κ3) is 4.55. The van der Waals surface area contributed by atoms with Gasteiger partial charge in [0.15, 0.2) is 0 Å². The Morgan fingerprint density at radius 1 is 1.07 bits per heavy atom. The zero-order chi connectivity index (χ0) is 21.1. The predicted molar refractivity (Wildman–Crippen MR) is 121 cm³/mol. The van der Waals surface area contributed by atoms with Crippen LogP contribution in [0, 0.1) is 13.8 Å². The average Bonchev–Trinajstić information content (AvgIpc) is 3.24. The second kappa shape index (κ2) is 8.98. The Morgan fingerprint density at radius 2 is 1.80 bits per heavy atom. The third-order valence-electron chi connectivity index (χ3n) is 5.56. The van der Waals surface area contributed by atoms with Crippen LogP contribution in [-0.2, 0) is 6.54 Å². The van der Waals surface area contributed by atoms with Crippen LogP contribution in [0.4, 0.5) is 0 Å². The summed E-state index contributed by atoms with van der Waals surface area (Å²) in [5.74, 6) is 0.906. The number of nitrogens with zero attached hydrogens (tertiary/aromatic N) is 3. The lowest BCUT2D eigenvalue weighted by Crippen LogP contribution is -2.48. The molecule has 1 amide bonds. The van der Waals surface area contributed by atoms with E-state index >= 15 is 0 Å². The van der Waals surface area contributed by atoms with Crippen molar-refractivity contribution in [3.05, 3.63) is 70.2 Å². The molecular formula is C24H27N3O2S. The number of rotatable bonds is 5. The van der Waals surface area contributed by atoms with Gasteiger partial charge >= 0.3 is 0 Å². The Morgan fingerprint density at radius 3 is 2.47 bits per heavy atom. The van der Waals surface area contributed by atoms with Crippen LogP contribution >= 0.6 is 11.3 Å². The van der Waals surface area contributed by atoms with Crippen molar-refractivity contribution < 1.29 is 9.53 Å². The van der Waals surface area contributed by atoms with Gasteiger partial charge in [-0.2, -0.15) is 0 Å². The summed E-state index contributed by atoms with van der Waals surface area (Å²) in [5.41, 5.74) is 5.34. The van der Waals surface area contributed by atoms with Crippen LogP contribution < -0.4 is 4.74 Å². The number of carbonyl (C=O) groups is 1. The summed E-state index contributed by atoms with van der Waals surface area (Å²) in [6, 6.07) is 14.5. The number of hydrogen-bond donors (Lipinski definition) is 0. The fourth-order valence-corrected chi connectivity index (χ4v) is 4.69. The molecule has 0 unspecified atom stereocenters. The van der Waals surface area contributed by atoms with Gasteiger partial charge < -0.3 is 9.64 Å². The van der Waals surface area contributed by atoms with Gasteiger partial charge in [-0.3, -0.25) is 9.69 Å². The number of piperazine rings is 1. The maximum Gasteiger partial charge on any atom is 0.273 e. The van der Waals surface area contributed by atoms with Crippen LogP contribution in [-0.4, -0.2) is 54.0 Å². The smallest absolute Gasteiger partial charge is 0.273 e. The number of benzene rings is 2. The van der Waals surface area contributed by atoms with Gasteiger partial charge in [-0.25, -0.2) is 4.98 Å². The maximum atomic E-state index is 13.0. The molecule has 6 heteroatoms. The zero-order valence-corrected chi connectivity index (χ0v) is 18.5. The molecule has 0 spiro atoms. The molecule has 0 N–H and O–H groups in total. The minimum absolute atomic E-state index is 0.0337. The van der Waals surface area contributed by atoms with E-state index in [9.17, 15) is 4.79 Å². The van der Waals surface area contributed by atoms with Gasteiger partial charge in [0.05, 0.1) is 7.11 Å². The molecule has 4 rings (SSSR count). The van der Waals surface area contributed by atoms with Crippen molar-refractivity contribution in [2.45, 2.75) is 20.4 Å². The molecule has 2 heterocycles. The number of ether oxygens (including phenoxy) is 1. The molecule has 2 aromatic carbocycles. The third-order valence-corrected chi connectivity index (χ3v) is 6.44. The lowest BCUT2D eigenvalue weighted by molar-refractivity contribution is 0.0623. The molecule has 30 heavy (non-hydrogen) atoms. The number of aryl methyl sites for hydroxylation is 2. The van der Waals surface area contributed by atoms with E-state index in [-0.39, 0.29) is 5.91 Å². The first-order valence-electron chi connectivity index (χ1n) is 10.2. The van der Waals surface area contributed by atoms with Crippen LogP contribution in [0.2, 0.25) is 0 Å². The molecule has 1 fully saturated rings. The number of amides is 1. The Bertz CT molecular complexity index is 1020. The summed E-state index contributed by atoms with van der Waals surface area (Å²) >= 11 is 1.54. The monoisotopic (exact) mass is 421 g/mol. The highest BCUT2D eigenvalue weighted by molar-refractivity contribution is 7.13. The Labute approximate surface area is 181 Å². The maximum absolute atomic E-state index is 13.0. The Kier molecular flexibility index (Phi) is 6.16. The van der Waals surface area contributed by atoms with E-state index < -0.39 is 0 Å². The lowest BCUT2D eigenvalue weighted by Gasteiger charge is -2.34. The van der Waals surface area contributed by atoms with Crippen molar-refractivity contribution in [3.8, 4) is 16.3 Å². The molecule has 0 atom stereocenters. The summed E-state index contributed by atoms with van der Waals surface area (Å²) in [4.78, 5) is 21.9. The summed E-state index contributed by atoms with van der Waals surface area (Å²) in [6.07, 6.45) is 0. The van der Waals surface area contributed by atoms with Crippen molar-refractivity contribution in [3.63, 3.8) is 0 Å². The molecule has 5 nitrogen and oxygen atoms in total. The minimum Gasteiger partial charge on any atom is -0.497 e. The van der Waals surface area contributed by atoms with Crippen molar-refractivity contribution in [2.75, 3.05) is 33.3 Å². The van der Waals surface area contributed by atoms with Crippen molar-refractivity contribution in [1.82, 2.24) is 14.8 Å². The van der Waals surface area contributed by atoms with Crippen LogP contribution in [0.3, 0.4) is 0 Å². The minimum atomic E-state index is 0.0337. The molecule has 0 aliphatic carbocycles. The quantitative estimate of drug-likeness (QED) is 0.613. The highest BCUT2D eigenvalue weighted by atomic mass is 32.1. The van der Waals surface area contributed by atoms with E-state index in [0.717, 1.165) is 49.0 Å². The number of carbonyl (C=O) groups excluding carboxylic acids is 1. The highest BCUT2D eigenvalue weighted by Crippen LogP contribution is 2.28. The van der Waals surface area contributed by atoms with Crippen molar-refractivity contribution >= 4 is 17.2 Å². The second-order valence-electron chi connectivity index (χ2n) is 7.77. The highest BCUT2D eigenvalue weighted by Gasteiger charge is 2.24. The fraction of sp³-hybridized carbons (Fsp3) is 0.333. The van der Waals surface area contributed by atoms with E-state index in [1.807, 2.05) is 22.4 Å². The first kappa shape index (κ1) is 20.6. The van der Waals surface area contributed by atoms with Gasteiger partial charge in [0, 0.05) is 43.7 Å². The molecule has 0 bridgehead atoms. The summed E-state index contributed by atoms with van der Waals surface area (Å²) < 4.78 is 5.22. The number of aromatic nitrogens is 1. The van der Waals surface area contributed by atoms with Crippen molar-refractivity contribution in [1.29, 1.82) is 0 Å². The molecule has 1 aliphatic heterocycles. The van der Waals surface area contributed by atoms with E-state index in [1.54, 1.807) is 18.4 Å². The number of thiazole rings is 1. The Hall–Kier alpha value is -2.70. The molecule has 1 saturated heterocycles. The van der Waals surface area contributed by atoms with Gasteiger partial charge in [0.2, 0.25) is 0 Å². The molecule has 156 valence electrons. The summed E-state index contributed by atoms with van der Waals surface area (Å²) in [5, 5.41) is 2.80. The molecular weight excluding hydrogens is 394 g/mol. The summed E-state index contributed by atoms with van der Waals surface area (Å²) in [7, 11) is 1.68. The van der Waals surface area contributed by atoms with Gasteiger partial charge in [-0.05, 0) is 37.1 Å². The molecule has 3 aromatic rings. The Balaban J connectivity index is 1.35. The summed E-state index contributed by atoms with van der Waals surface area (Å²) in [6.45, 7) is 8.25. The van der Waals surface area contributed by atoms with Crippen LogP contribution in [0.1, 0.15) is 27.2 Å². The normalized spacial score (nSPS) is 14.7. The largest absolute Gasteiger partial charge is 0.497 e. The lowest BCUT2D eigenvalue weighted by atomic mass is 10.1. The molecule has 1 aromatic heterocycles. The van der Waals surface area contributed by atoms with Gasteiger partial charge in [0.1, 0.15) is 16.5 Å². The molecule has 1 aliphatic rings.